The van der Waals surface area contributed by atoms with Crippen LogP contribution in [0.4, 0.5) is 18.9 Å². The van der Waals surface area contributed by atoms with E-state index in [0.717, 1.165) is 50.0 Å². The van der Waals surface area contributed by atoms with E-state index in [2.05, 4.69) is 5.43 Å². The number of rotatable bonds is 10. The monoisotopic (exact) mass is 693 g/mol. The minimum absolute atomic E-state index is 0.0546. The normalized spacial score (nSPS) is 14.5. The molecule has 1 aliphatic heterocycles. The Labute approximate surface area is 267 Å². The number of ether oxygens (including phenoxy) is 2. The van der Waals surface area contributed by atoms with Gasteiger partial charge < -0.3 is 13.9 Å². The average molecular weight is 694 g/mol. The van der Waals surface area contributed by atoms with Crippen molar-refractivity contribution in [2.75, 3.05) is 26.2 Å². The maximum Gasteiger partial charge on any atom is 0.432 e. The molecule has 5 rings (SSSR count). The van der Waals surface area contributed by atoms with Crippen LogP contribution in [-0.4, -0.2) is 59.1 Å². The van der Waals surface area contributed by atoms with Gasteiger partial charge in [0.2, 0.25) is 12.0 Å². The van der Waals surface area contributed by atoms with Crippen molar-refractivity contribution in [1.29, 1.82) is 0 Å². The van der Waals surface area contributed by atoms with Crippen molar-refractivity contribution in [2.24, 2.45) is 0 Å². The van der Waals surface area contributed by atoms with Gasteiger partial charge in [-0.25, -0.2) is 22.3 Å². The van der Waals surface area contributed by atoms with Crippen molar-refractivity contribution in [3.63, 3.8) is 0 Å². The predicted octanol–water partition coefficient (Wildman–Crippen LogP) is 5.68. The quantitative estimate of drug-likeness (QED) is 0.161. The number of allylic oxidation sites excluding steroid dienone is 1. The maximum atomic E-state index is 14.2. The highest BCUT2D eigenvalue weighted by molar-refractivity contribution is 7.91. The van der Waals surface area contributed by atoms with Crippen LogP contribution >= 0.6 is 0 Å². The van der Waals surface area contributed by atoms with Crippen LogP contribution in [0.3, 0.4) is 0 Å². The van der Waals surface area contributed by atoms with Crippen LogP contribution in [0, 0.1) is 10.1 Å². The van der Waals surface area contributed by atoms with Crippen LogP contribution in [0.15, 0.2) is 99.0 Å². The number of furan rings is 1. The molecule has 1 N–H and O–H groups in total. The van der Waals surface area contributed by atoms with E-state index in [4.69, 9.17) is 13.9 Å². The van der Waals surface area contributed by atoms with E-state index in [1.165, 1.54) is 12.3 Å². The zero-order chi connectivity index (χ0) is 34.3. The molecule has 12 nitrogen and oxygen atoms in total. The molecule has 248 valence electrons. The lowest BCUT2D eigenvalue weighted by molar-refractivity contribution is -0.386. The summed E-state index contributed by atoms with van der Waals surface area (Å²) in [6.45, 7) is -0.314. The number of hydrogen-bond acceptors (Lipinski definition) is 11. The van der Waals surface area contributed by atoms with Crippen LogP contribution in [0.1, 0.15) is 11.8 Å². The molecular formula is C30H26F3N3O9S2. The molecule has 0 bridgehead atoms. The van der Waals surface area contributed by atoms with E-state index >= 15 is 0 Å². The molecule has 1 aromatic heterocycles. The number of nitrogens with zero attached hydrogens (tertiary/aromatic N) is 2. The van der Waals surface area contributed by atoms with Crippen LogP contribution < -0.4 is 14.9 Å². The third-order valence-electron chi connectivity index (χ3n) is 7.14. The first-order valence-electron chi connectivity index (χ1n) is 13.5. The molecule has 47 heavy (non-hydrogen) atoms. The van der Waals surface area contributed by atoms with Gasteiger partial charge in [0.25, 0.3) is 0 Å². The summed E-state index contributed by atoms with van der Waals surface area (Å²) in [6, 6.07) is 14.9. The Morgan fingerprint density at radius 3 is 2.19 bits per heavy atom. The van der Waals surface area contributed by atoms with Gasteiger partial charge in [-0.05, 0) is 42.0 Å². The summed E-state index contributed by atoms with van der Waals surface area (Å²) in [5, 5.41) is 12.5. The van der Waals surface area contributed by atoms with Crippen molar-refractivity contribution in [3.8, 4) is 33.9 Å². The predicted molar refractivity (Wildman–Crippen MR) is 163 cm³/mol. The molecule has 1 aliphatic rings. The van der Waals surface area contributed by atoms with Crippen LogP contribution in [0.5, 0.6) is 11.5 Å². The van der Waals surface area contributed by atoms with E-state index in [-0.39, 0.29) is 28.3 Å². The maximum absolute atomic E-state index is 14.2. The van der Waals surface area contributed by atoms with E-state index in [9.17, 15) is 40.1 Å². The molecule has 0 saturated carbocycles. The SMILES string of the molecule is COc1cc(S(C)(=O)=O)c(-c2ccc(-c3ccco3)cc2)cc1C(Oc1cc(S(C)(=O)=O)ccc1[N+](=O)[O-])N1NCC=C1C(F)(F)F. The van der Waals surface area contributed by atoms with E-state index in [0.29, 0.717) is 21.9 Å². The van der Waals surface area contributed by atoms with Crippen LogP contribution in [0.2, 0.25) is 0 Å². The molecule has 1 atom stereocenters. The largest absolute Gasteiger partial charge is 0.496 e. The second-order valence-corrected chi connectivity index (χ2v) is 14.4. The third-order valence-corrected chi connectivity index (χ3v) is 9.38. The molecule has 0 amide bonds. The summed E-state index contributed by atoms with van der Waals surface area (Å²) in [5.41, 5.74) is 1.46. The Morgan fingerprint density at radius 1 is 0.957 bits per heavy atom. The number of methoxy groups -OCH3 is 1. The van der Waals surface area contributed by atoms with Gasteiger partial charge >= 0.3 is 11.9 Å². The molecule has 0 spiro atoms. The van der Waals surface area contributed by atoms with E-state index in [1.54, 1.807) is 36.4 Å². The Hall–Kier alpha value is -4.87. The average Bonchev–Trinajstić information content (AvgIpc) is 3.71. The molecule has 3 aromatic carbocycles. The van der Waals surface area contributed by atoms with Gasteiger partial charge in [-0.3, -0.25) is 15.1 Å². The number of halogens is 3. The van der Waals surface area contributed by atoms with Gasteiger partial charge in [0.15, 0.2) is 19.7 Å². The standard InChI is InChI=1S/C30H26F3N3O9S2/c1-43-25-17-27(47(3,41)42)21(18-6-8-19(9-7-18)24-5-4-14-44-24)16-22(25)29(35-28(12-13-34-35)30(31,32)33)45-26-15-20(46(2,39)40)10-11-23(26)36(37)38/h4-12,14-17,29,34H,13H2,1-3H3. The number of hydrazine groups is 1. The molecular weight excluding hydrogens is 667 g/mol. The van der Waals surface area contributed by atoms with E-state index < -0.39 is 59.0 Å². The molecule has 0 saturated heterocycles. The summed E-state index contributed by atoms with van der Waals surface area (Å²) in [7, 11) is -6.76. The Morgan fingerprint density at radius 2 is 1.64 bits per heavy atom. The first-order chi connectivity index (χ1) is 22.0. The lowest BCUT2D eigenvalue weighted by atomic mass is 9.99. The molecule has 0 aliphatic carbocycles. The highest BCUT2D eigenvalue weighted by Crippen LogP contribution is 2.44. The van der Waals surface area contributed by atoms with Crippen molar-refractivity contribution in [3.05, 3.63) is 100 Å². The fraction of sp³-hybridized carbons (Fsp3) is 0.200. The smallest absolute Gasteiger partial charge is 0.432 e. The highest BCUT2D eigenvalue weighted by Gasteiger charge is 2.45. The van der Waals surface area contributed by atoms with Gasteiger partial charge in [0.05, 0.1) is 33.7 Å². The van der Waals surface area contributed by atoms with Gasteiger partial charge in [0.1, 0.15) is 17.2 Å². The van der Waals surface area contributed by atoms with Gasteiger partial charge in [-0.1, -0.05) is 24.3 Å². The molecule has 2 heterocycles. The summed E-state index contributed by atoms with van der Waals surface area (Å²) in [6.07, 6.45) is -2.75. The third kappa shape index (κ3) is 6.96. The number of nitro groups is 1. The number of sulfone groups is 2. The number of nitrogens with one attached hydrogen (secondary N) is 1. The molecule has 0 fully saturated rings. The second-order valence-electron chi connectivity index (χ2n) is 10.4. The number of benzene rings is 3. The minimum atomic E-state index is -4.93. The van der Waals surface area contributed by atoms with Crippen molar-refractivity contribution in [1.82, 2.24) is 10.4 Å². The van der Waals surface area contributed by atoms with Gasteiger partial charge in [0, 0.05) is 42.3 Å². The van der Waals surface area contributed by atoms with Crippen molar-refractivity contribution < 1.29 is 48.8 Å². The zero-order valence-electron chi connectivity index (χ0n) is 24.8. The first-order valence-corrected chi connectivity index (χ1v) is 17.3. The summed E-state index contributed by atoms with van der Waals surface area (Å²) >= 11 is 0. The fourth-order valence-corrected chi connectivity index (χ4v) is 6.50. The summed E-state index contributed by atoms with van der Waals surface area (Å²) < 4.78 is 110. The van der Waals surface area contributed by atoms with Crippen LogP contribution in [-0.2, 0) is 19.7 Å². The number of nitro benzene ring substituents is 1. The van der Waals surface area contributed by atoms with Crippen LogP contribution in [0.25, 0.3) is 22.5 Å². The molecule has 4 aromatic rings. The Kier molecular flexibility index (Phi) is 8.83. The van der Waals surface area contributed by atoms with Crippen molar-refractivity contribution in [2.45, 2.75) is 22.2 Å². The zero-order valence-corrected chi connectivity index (χ0v) is 26.4. The number of alkyl halides is 3. The van der Waals surface area contributed by atoms with Gasteiger partial charge in [-0.15, -0.1) is 0 Å². The molecule has 0 radical (unpaired) electrons. The second kappa shape index (κ2) is 12.4. The molecule has 1 unspecified atom stereocenters. The first kappa shape index (κ1) is 33.5. The lowest BCUT2D eigenvalue weighted by Gasteiger charge is -2.33. The summed E-state index contributed by atoms with van der Waals surface area (Å²) in [5.74, 6) is -0.367. The Bertz CT molecular complexity index is 2080. The van der Waals surface area contributed by atoms with E-state index in [1.807, 2.05) is 0 Å². The topological polar surface area (TPSA) is 158 Å². The van der Waals surface area contributed by atoms with Gasteiger partial charge in [-0.2, -0.15) is 13.2 Å². The fourth-order valence-electron chi connectivity index (χ4n) is 4.97. The minimum Gasteiger partial charge on any atom is -0.496 e. The molecule has 17 heteroatoms. The highest BCUT2D eigenvalue weighted by atomic mass is 32.2. The Balaban J connectivity index is 1.76. The summed E-state index contributed by atoms with van der Waals surface area (Å²) in [4.78, 5) is 10.4. The number of hydrogen-bond donors (Lipinski definition) is 1. The lowest BCUT2D eigenvalue weighted by Crippen LogP contribution is -2.42. The van der Waals surface area contributed by atoms with Crippen molar-refractivity contribution >= 4 is 25.4 Å².